The smallest absolute Gasteiger partial charge is 0.183 e. The third-order valence-corrected chi connectivity index (χ3v) is 4.48. The second-order valence-corrected chi connectivity index (χ2v) is 6.43. The van der Waals surface area contributed by atoms with Gasteiger partial charge in [0, 0.05) is 36.8 Å². The normalized spacial score (nSPS) is 23.8. The quantitative estimate of drug-likeness (QED) is 0.844. The van der Waals surface area contributed by atoms with Crippen LogP contribution in [0.3, 0.4) is 0 Å². The van der Waals surface area contributed by atoms with Gasteiger partial charge in [0.15, 0.2) is 4.47 Å². The van der Waals surface area contributed by atoms with E-state index in [1.165, 1.54) is 37.4 Å². The van der Waals surface area contributed by atoms with E-state index in [0.717, 1.165) is 6.54 Å². The summed E-state index contributed by atoms with van der Waals surface area (Å²) in [5.41, 5.74) is 0. The SMILES string of the molecule is CCC1CN(C)CCCN1Cc1cnc(Cl)s1. The molecule has 5 heteroatoms. The van der Waals surface area contributed by atoms with Crippen LogP contribution >= 0.6 is 22.9 Å². The third-order valence-electron chi connectivity index (χ3n) is 3.38. The molecule has 17 heavy (non-hydrogen) atoms. The van der Waals surface area contributed by atoms with Crippen molar-refractivity contribution in [2.75, 3.05) is 26.7 Å². The molecule has 1 aromatic rings. The highest BCUT2D eigenvalue weighted by Crippen LogP contribution is 2.22. The molecule has 0 bridgehead atoms. The summed E-state index contributed by atoms with van der Waals surface area (Å²) in [6.45, 7) is 6.82. The molecule has 0 saturated carbocycles. The summed E-state index contributed by atoms with van der Waals surface area (Å²) >= 11 is 7.48. The van der Waals surface area contributed by atoms with Gasteiger partial charge >= 0.3 is 0 Å². The Balaban J connectivity index is 2.01. The molecule has 1 fully saturated rings. The van der Waals surface area contributed by atoms with E-state index in [-0.39, 0.29) is 0 Å². The molecule has 1 aromatic heterocycles. The molecule has 0 N–H and O–H groups in total. The zero-order valence-electron chi connectivity index (χ0n) is 10.5. The van der Waals surface area contributed by atoms with Gasteiger partial charge in [-0.1, -0.05) is 18.5 Å². The zero-order chi connectivity index (χ0) is 12.3. The molecule has 96 valence electrons. The summed E-state index contributed by atoms with van der Waals surface area (Å²) < 4.78 is 0.653. The van der Waals surface area contributed by atoms with Crippen LogP contribution in [-0.4, -0.2) is 47.5 Å². The fourth-order valence-corrected chi connectivity index (χ4v) is 3.45. The van der Waals surface area contributed by atoms with Crippen LogP contribution in [0.1, 0.15) is 24.6 Å². The number of likely N-dealkylation sites (N-methyl/N-ethyl adjacent to an activating group) is 1. The molecule has 1 unspecified atom stereocenters. The molecular formula is C12H20ClN3S. The van der Waals surface area contributed by atoms with E-state index < -0.39 is 0 Å². The molecule has 0 aliphatic carbocycles. The fourth-order valence-electron chi connectivity index (χ4n) is 2.45. The second kappa shape index (κ2) is 6.14. The lowest BCUT2D eigenvalue weighted by Crippen LogP contribution is -2.39. The van der Waals surface area contributed by atoms with Gasteiger partial charge in [-0.15, -0.1) is 11.3 Å². The van der Waals surface area contributed by atoms with Gasteiger partial charge in [-0.2, -0.15) is 0 Å². The minimum atomic E-state index is 0.653. The van der Waals surface area contributed by atoms with Crippen molar-refractivity contribution < 1.29 is 0 Å². The summed E-state index contributed by atoms with van der Waals surface area (Å²) in [4.78, 5) is 10.4. The first-order valence-electron chi connectivity index (χ1n) is 6.22. The molecule has 1 atom stereocenters. The van der Waals surface area contributed by atoms with E-state index in [1.807, 2.05) is 6.20 Å². The molecule has 0 spiro atoms. The van der Waals surface area contributed by atoms with Gasteiger partial charge in [0.2, 0.25) is 0 Å². The molecule has 2 rings (SSSR count). The van der Waals surface area contributed by atoms with Crippen molar-refractivity contribution in [1.29, 1.82) is 0 Å². The molecule has 0 radical (unpaired) electrons. The molecular weight excluding hydrogens is 254 g/mol. The zero-order valence-corrected chi connectivity index (χ0v) is 12.1. The minimum Gasteiger partial charge on any atom is -0.305 e. The van der Waals surface area contributed by atoms with Crippen LogP contribution in [0.2, 0.25) is 4.47 Å². The number of thiazole rings is 1. The number of hydrogen-bond donors (Lipinski definition) is 0. The molecule has 2 heterocycles. The van der Waals surface area contributed by atoms with Crippen LogP contribution in [0, 0.1) is 0 Å². The minimum absolute atomic E-state index is 0.653. The van der Waals surface area contributed by atoms with Crippen molar-refractivity contribution in [3.05, 3.63) is 15.5 Å². The lowest BCUT2D eigenvalue weighted by Gasteiger charge is -2.29. The van der Waals surface area contributed by atoms with Crippen molar-refractivity contribution in [1.82, 2.24) is 14.8 Å². The summed E-state index contributed by atoms with van der Waals surface area (Å²) in [6.07, 6.45) is 4.37. The molecule has 1 aliphatic rings. The summed E-state index contributed by atoms with van der Waals surface area (Å²) in [6, 6.07) is 0.656. The maximum Gasteiger partial charge on any atom is 0.183 e. The Kier molecular flexibility index (Phi) is 4.79. The van der Waals surface area contributed by atoms with Crippen molar-refractivity contribution >= 4 is 22.9 Å². The number of aromatic nitrogens is 1. The molecule has 1 saturated heterocycles. The number of nitrogens with zero attached hydrogens (tertiary/aromatic N) is 3. The first-order chi connectivity index (χ1) is 8.19. The number of hydrogen-bond acceptors (Lipinski definition) is 4. The van der Waals surface area contributed by atoms with Gasteiger partial charge in [-0.25, -0.2) is 4.98 Å². The maximum absolute atomic E-state index is 5.88. The summed E-state index contributed by atoms with van der Waals surface area (Å²) in [5.74, 6) is 0. The Morgan fingerprint density at radius 1 is 1.53 bits per heavy atom. The summed E-state index contributed by atoms with van der Waals surface area (Å²) in [7, 11) is 2.22. The van der Waals surface area contributed by atoms with E-state index >= 15 is 0 Å². The van der Waals surface area contributed by atoms with Crippen LogP contribution in [-0.2, 0) is 6.54 Å². The first-order valence-corrected chi connectivity index (χ1v) is 7.41. The maximum atomic E-state index is 5.88. The van der Waals surface area contributed by atoms with E-state index in [0.29, 0.717) is 10.5 Å². The third kappa shape index (κ3) is 3.65. The van der Waals surface area contributed by atoms with Gasteiger partial charge in [0.25, 0.3) is 0 Å². The van der Waals surface area contributed by atoms with E-state index in [2.05, 4.69) is 28.8 Å². The van der Waals surface area contributed by atoms with Crippen molar-refractivity contribution in [3.8, 4) is 0 Å². The Morgan fingerprint density at radius 2 is 2.35 bits per heavy atom. The van der Waals surface area contributed by atoms with E-state index in [9.17, 15) is 0 Å². The number of rotatable bonds is 3. The molecule has 0 amide bonds. The highest BCUT2D eigenvalue weighted by atomic mass is 35.5. The van der Waals surface area contributed by atoms with Crippen LogP contribution in [0.25, 0.3) is 0 Å². The summed E-state index contributed by atoms with van der Waals surface area (Å²) in [5, 5.41) is 0. The predicted octanol–water partition coefficient (Wildman–Crippen LogP) is 2.71. The molecule has 1 aliphatic heterocycles. The monoisotopic (exact) mass is 273 g/mol. The predicted molar refractivity (Wildman–Crippen MR) is 73.7 cm³/mol. The van der Waals surface area contributed by atoms with E-state index in [4.69, 9.17) is 11.6 Å². The lowest BCUT2D eigenvalue weighted by atomic mass is 10.2. The average Bonchev–Trinajstić information content (AvgIpc) is 2.61. The molecule has 3 nitrogen and oxygen atoms in total. The fraction of sp³-hybridized carbons (Fsp3) is 0.750. The Morgan fingerprint density at radius 3 is 3.00 bits per heavy atom. The topological polar surface area (TPSA) is 19.4 Å². The number of halogens is 1. The largest absolute Gasteiger partial charge is 0.305 e. The van der Waals surface area contributed by atoms with Crippen molar-refractivity contribution in [2.24, 2.45) is 0 Å². The van der Waals surface area contributed by atoms with Crippen LogP contribution in [0.4, 0.5) is 0 Å². The van der Waals surface area contributed by atoms with Crippen molar-refractivity contribution in [2.45, 2.75) is 32.4 Å². The van der Waals surface area contributed by atoms with Gasteiger partial charge in [0.1, 0.15) is 0 Å². The lowest BCUT2D eigenvalue weighted by molar-refractivity contribution is 0.177. The van der Waals surface area contributed by atoms with Crippen LogP contribution in [0.15, 0.2) is 6.20 Å². The average molecular weight is 274 g/mol. The van der Waals surface area contributed by atoms with Crippen molar-refractivity contribution in [3.63, 3.8) is 0 Å². The highest BCUT2D eigenvalue weighted by Gasteiger charge is 2.22. The Bertz CT molecular complexity index is 355. The van der Waals surface area contributed by atoms with E-state index in [1.54, 1.807) is 11.3 Å². The van der Waals surface area contributed by atoms with Gasteiger partial charge in [0.05, 0.1) is 0 Å². The first kappa shape index (κ1) is 13.3. The Hall–Kier alpha value is -0.160. The highest BCUT2D eigenvalue weighted by molar-refractivity contribution is 7.15. The second-order valence-electron chi connectivity index (χ2n) is 4.73. The molecule has 0 aromatic carbocycles. The van der Waals surface area contributed by atoms with Crippen LogP contribution in [0.5, 0.6) is 0 Å². The van der Waals surface area contributed by atoms with Gasteiger partial charge < -0.3 is 4.90 Å². The van der Waals surface area contributed by atoms with Gasteiger partial charge in [-0.3, -0.25) is 4.90 Å². The standard InChI is InChI=1S/C12H20ClN3S/c1-3-10-8-15(2)5-4-6-16(10)9-11-7-14-12(13)17-11/h7,10H,3-6,8-9H2,1-2H3. The van der Waals surface area contributed by atoms with Gasteiger partial charge in [-0.05, 0) is 26.4 Å². The Labute approximate surface area is 112 Å². The van der Waals surface area contributed by atoms with Crippen LogP contribution < -0.4 is 0 Å².